The van der Waals surface area contributed by atoms with Gasteiger partial charge in [0.2, 0.25) is 0 Å². The molecule has 0 saturated heterocycles. The maximum absolute atomic E-state index is 13.7. The van der Waals surface area contributed by atoms with Gasteiger partial charge in [-0.1, -0.05) is 52.0 Å². The second-order valence-corrected chi connectivity index (χ2v) is 7.36. The van der Waals surface area contributed by atoms with Gasteiger partial charge in [-0.3, -0.25) is 4.79 Å². The summed E-state index contributed by atoms with van der Waals surface area (Å²) in [4.78, 5) is 12.2. The molecule has 2 rings (SSSR count). The zero-order chi connectivity index (χ0) is 19.9. The van der Waals surface area contributed by atoms with Crippen LogP contribution in [0.3, 0.4) is 0 Å². The molecule has 27 heavy (non-hydrogen) atoms. The van der Waals surface area contributed by atoms with E-state index in [0.29, 0.717) is 19.6 Å². The fourth-order valence-electron chi connectivity index (χ4n) is 2.52. The van der Waals surface area contributed by atoms with Crippen LogP contribution in [-0.4, -0.2) is 25.2 Å². The normalized spacial score (nSPS) is 12.3. The average Bonchev–Trinajstić information content (AvgIpc) is 2.64. The van der Waals surface area contributed by atoms with Crippen LogP contribution in [0, 0.1) is 5.82 Å². The molecule has 146 valence electrons. The summed E-state index contributed by atoms with van der Waals surface area (Å²) in [5, 5.41) is 2.77. The van der Waals surface area contributed by atoms with Gasteiger partial charge in [0.1, 0.15) is 12.4 Å². The van der Waals surface area contributed by atoms with E-state index in [-0.39, 0.29) is 17.1 Å². The van der Waals surface area contributed by atoms with Crippen molar-refractivity contribution in [1.82, 2.24) is 5.32 Å². The van der Waals surface area contributed by atoms with E-state index in [1.807, 2.05) is 31.2 Å². The van der Waals surface area contributed by atoms with Crippen molar-refractivity contribution < 1.29 is 18.7 Å². The standard InChI is InChI=1S/C22H28FNO3/c1-5-19(27-20-9-7-6-8-18(20)23)21(25)24-14-15-26-17-12-10-16(11-13-17)22(2,3)4/h6-13,19H,5,14-15H2,1-4H3,(H,24,25)/t19-/m1/s1. The van der Waals surface area contributed by atoms with Crippen LogP contribution in [0.15, 0.2) is 48.5 Å². The number of nitrogens with one attached hydrogen (secondary N) is 1. The largest absolute Gasteiger partial charge is 0.492 e. The second kappa shape index (κ2) is 9.40. The first-order valence-corrected chi connectivity index (χ1v) is 9.23. The van der Waals surface area contributed by atoms with Gasteiger partial charge in [-0.05, 0) is 41.7 Å². The Hall–Kier alpha value is -2.56. The fourth-order valence-corrected chi connectivity index (χ4v) is 2.52. The first-order chi connectivity index (χ1) is 12.8. The molecule has 0 bridgehead atoms. The lowest BCUT2D eigenvalue weighted by molar-refractivity contribution is -0.128. The fraction of sp³-hybridized carbons (Fsp3) is 0.409. The van der Waals surface area contributed by atoms with Crippen molar-refractivity contribution >= 4 is 5.91 Å². The van der Waals surface area contributed by atoms with Gasteiger partial charge in [0.15, 0.2) is 17.7 Å². The number of amides is 1. The predicted octanol–water partition coefficient (Wildman–Crippen LogP) is 4.48. The van der Waals surface area contributed by atoms with E-state index < -0.39 is 11.9 Å². The van der Waals surface area contributed by atoms with E-state index in [1.54, 1.807) is 12.1 Å². The Morgan fingerprint density at radius 1 is 1.11 bits per heavy atom. The molecule has 0 fully saturated rings. The van der Waals surface area contributed by atoms with Crippen molar-refractivity contribution in [3.8, 4) is 11.5 Å². The summed E-state index contributed by atoms with van der Waals surface area (Å²) in [6.07, 6.45) is -0.303. The van der Waals surface area contributed by atoms with Gasteiger partial charge >= 0.3 is 0 Å². The third-order valence-corrected chi connectivity index (χ3v) is 4.16. The summed E-state index contributed by atoms with van der Waals surface area (Å²) in [5.74, 6) is 0.0693. The Labute approximate surface area is 160 Å². The minimum Gasteiger partial charge on any atom is -0.492 e. The molecule has 0 aliphatic heterocycles. The molecule has 0 saturated carbocycles. The van der Waals surface area contributed by atoms with Crippen molar-refractivity contribution in [2.75, 3.05) is 13.2 Å². The molecular formula is C22H28FNO3. The summed E-state index contributed by atoms with van der Waals surface area (Å²) in [6.45, 7) is 8.98. The lowest BCUT2D eigenvalue weighted by atomic mass is 9.87. The lowest BCUT2D eigenvalue weighted by Crippen LogP contribution is -2.39. The highest BCUT2D eigenvalue weighted by molar-refractivity contribution is 5.81. The minimum atomic E-state index is -0.743. The Balaban J connectivity index is 1.78. The van der Waals surface area contributed by atoms with Gasteiger partial charge < -0.3 is 14.8 Å². The first kappa shape index (κ1) is 20.7. The molecule has 5 heteroatoms. The monoisotopic (exact) mass is 373 g/mol. The van der Waals surface area contributed by atoms with Crippen LogP contribution in [0.2, 0.25) is 0 Å². The molecule has 0 aliphatic carbocycles. The predicted molar refractivity (Wildman–Crippen MR) is 105 cm³/mol. The molecule has 0 heterocycles. The van der Waals surface area contributed by atoms with Gasteiger partial charge in [0.05, 0.1) is 6.54 Å². The van der Waals surface area contributed by atoms with E-state index in [1.165, 1.54) is 17.7 Å². The van der Waals surface area contributed by atoms with Crippen molar-refractivity contribution in [3.05, 3.63) is 59.9 Å². The number of hydrogen-bond donors (Lipinski definition) is 1. The molecule has 2 aromatic rings. The van der Waals surface area contributed by atoms with E-state index in [9.17, 15) is 9.18 Å². The van der Waals surface area contributed by atoms with Crippen molar-refractivity contribution in [2.45, 2.75) is 45.6 Å². The molecule has 0 spiro atoms. The highest BCUT2D eigenvalue weighted by atomic mass is 19.1. The number of rotatable bonds is 8. The number of benzene rings is 2. The zero-order valence-corrected chi connectivity index (χ0v) is 16.4. The maximum Gasteiger partial charge on any atom is 0.261 e. The first-order valence-electron chi connectivity index (χ1n) is 9.23. The molecule has 0 aromatic heterocycles. The van der Waals surface area contributed by atoms with Crippen molar-refractivity contribution in [3.63, 3.8) is 0 Å². The molecule has 1 atom stereocenters. The number of carbonyl (C=O) groups excluding carboxylic acids is 1. The molecule has 1 amide bonds. The summed E-state index contributed by atoms with van der Waals surface area (Å²) in [5.41, 5.74) is 1.33. The minimum absolute atomic E-state index is 0.0784. The molecule has 0 unspecified atom stereocenters. The highest BCUT2D eigenvalue weighted by Crippen LogP contribution is 2.24. The van der Waals surface area contributed by atoms with Gasteiger partial charge in [-0.2, -0.15) is 0 Å². The average molecular weight is 373 g/mol. The quantitative estimate of drug-likeness (QED) is 0.694. The van der Waals surface area contributed by atoms with E-state index >= 15 is 0 Å². The van der Waals surface area contributed by atoms with Crippen LogP contribution in [0.4, 0.5) is 4.39 Å². The number of halogens is 1. The molecule has 0 radical (unpaired) electrons. The summed E-state index contributed by atoms with van der Waals surface area (Å²) >= 11 is 0. The van der Waals surface area contributed by atoms with Gasteiger partial charge in [-0.15, -0.1) is 0 Å². The second-order valence-electron chi connectivity index (χ2n) is 7.36. The van der Waals surface area contributed by atoms with Crippen LogP contribution < -0.4 is 14.8 Å². The third kappa shape index (κ3) is 6.27. The van der Waals surface area contributed by atoms with E-state index in [4.69, 9.17) is 9.47 Å². The number of carbonyl (C=O) groups is 1. The van der Waals surface area contributed by atoms with Crippen LogP contribution in [-0.2, 0) is 10.2 Å². The SMILES string of the molecule is CC[C@@H](Oc1ccccc1F)C(=O)NCCOc1ccc(C(C)(C)C)cc1. The van der Waals surface area contributed by atoms with Gasteiger partial charge in [0, 0.05) is 0 Å². The summed E-state index contributed by atoms with van der Waals surface area (Å²) in [7, 11) is 0. The van der Waals surface area contributed by atoms with Crippen LogP contribution >= 0.6 is 0 Å². The lowest BCUT2D eigenvalue weighted by Gasteiger charge is -2.19. The zero-order valence-electron chi connectivity index (χ0n) is 16.4. The Kier molecular flexibility index (Phi) is 7.22. The van der Waals surface area contributed by atoms with Crippen molar-refractivity contribution in [1.29, 1.82) is 0 Å². The van der Waals surface area contributed by atoms with Crippen LogP contribution in [0.5, 0.6) is 11.5 Å². The molecular weight excluding hydrogens is 345 g/mol. The highest BCUT2D eigenvalue weighted by Gasteiger charge is 2.19. The molecule has 1 N–H and O–H groups in total. The van der Waals surface area contributed by atoms with Crippen molar-refractivity contribution in [2.24, 2.45) is 0 Å². The smallest absolute Gasteiger partial charge is 0.261 e. The van der Waals surface area contributed by atoms with Crippen LogP contribution in [0.25, 0.3) is 0 Å². The summed E-state index contributed by atoms with van der Waals surface area (Å²) in [6, 6.07) is 14.0. The Bertz CT molecular complexity index is 738. The number of hydrogen-bond acceptors (Lipinski definition) is 3. The van der Waals surface area contributed by atoms with Gasteiger partial charge in [0.25, 0.3) is 5.91 Å². The molecule has 0 aliphatic rings. The third-order valence-electron chi connectivity index (χ3n) is 4.16. The molecule has 4 nitrogen and oxygen atoms in total. The molecule has 2 aromatic carbocycles. The topological polar surface area (TPSA) is 47.6 Å². The Morgan fingerprint density at radius 3 is 2.37 bits per heavy atom. The number of para-hydroxylation sites is 1. The summed E-state index contributed by atoms with van der Waals surface area (Å²) < 4.78 is 24.8. The number of ether oxygens (including phenoxy) is 2. The maximum atomic E-state index is 13.7. The van der Waals surface area contributed by atoms with E-state index in [2.05, 4.69) is 26.1 Å². The van der Waals surface area contributed by atoms with Crippen LogP contribution in [0.1, 0.15) is 39.7 Å². The Morgan fingerprint density at radius 2 is 1.78 bits per heavy atom. The van der Waals surface area contributed by atoms with Gasteiger partial charge in [-0.25, -0.2) is 4.39 Å². The van der Waals surface area contributed by atoms with E-state index in [0.717, 1.165) is 5.75 Å².